The Morgan fingerprint density at radius 2 is 1.95 bits per heavy atom. The van der Waals surface area contributed by atoms with Gasteiger partial charge in [-0.2, -0.15) is 0 Å². The molecule has 0 fully saturated rings. The molecule has 0 aromatic heterocycles. The maximum atomic E-state index is 6.16. The molecule has 3 nitrogen and oxygen atoms in total. The van der Waals surface area contributed by atoms with Crippen LogP contribution >= 0.6 is 27.5 Å². The van der Waals surface area contributed by atoms with E-state index in [1.807, 2.05) is 36.4 Å². The van der Waals surface area contributed by atoms with Gasteiger partial charge in [0.05, 0.1) is 12.1 Å². The number of para-hydroxylation sites is 1. The van der Waals surface area contributed by atoms with Gasteiger partial charge in [-0.1, -0.05) is 45.7 Å². The Hall–Kier alpha value is -1.23. The molecule has 0 amide bonds. The molecule has 2 aromatic carbocycles. The molecule has 1 atom stereocenters. The lowest BCUT2D eigenvalue weighted by molar-refractivity contribution is 0.209. The summed E-state index contributed by atoms with van der Waals surface area (Å²) in [4.78, 5) is 0. The number of ether oxygens (including phenoxy) is 2. The fraction of sp³-hybridized carbons (Fsp3) is 0.200. The average Bonchev–Trinajstić information content (AvgIpc) is 2.46. The van der Waals surface area contributed by atoms with Gasteiger partial charge in [-0.05, 0) is 24.3 Å². The number of benzene rings is 2. The van der Waals surface area contributed by atoms with Gasteiger partial charge in [0.25, 0.3) is 0 Å². The van der Waals surface area contributed by atoms with E-state index in [2.05, 4.69) is 15.9 Å². The molecular formula is C15H15BrClNO2. The highest BCUT2D eigenvalue weighted by Crippen LogP contribution is 2.33. The van der Waals surface area contributed by atoms with Crippen LogP contribution in [0.1, 0.15) is 11.7 Å². The molecule has 2 rings (SSSR count). The predicted molar refractivity (Wildman–Crippen MR) is 84.6 cm³/mol. The lowest BCUT2D eigenvalue weighted by Crippen LogP contribution is -2.19. The molecule has 2 aromatic rings. The van der Waals surface area contributed by atoms with E-state index in [0.29, 0.717) is 17.3 Å². The molecule has 0 aliphatic carbocycles. The molecule has 0 bridgehead atoms. The second kappa shape index (κ2) is 6.97. The van der Waals surface area contributed by atoms with E-state index in [4.69, 9.17) is 26.8 Å². The first kappa shape index (κ1) is 15.2. The molecule has 0 radical (unpaired) electrons. The van der Waals surface area contributed by atoms with Crippen LogP contribution in [0.2, 0.25) is 5.02 Å². The van der Waals surface area contributed by atoms with E-state index in [0.717, 1.165) is 15.8 Å². The maximum absolute atomic E-state index is 6.16. The van der Waals surface area contributed by atoms with Crippen molar-refractivity contribution < 1.29 is 9.47 Å². The monoisotopic (exact) mass is 355 g/mol. The predicted octanol–water partition coefficient (Wildman–Crippen LogP) is 4.19. The Bertz CT molecular complexity index is 592. The van der Waals surface area contributed by atoms with Crippen LogP contribution in [0.25, 0.3) is 0 Å². The van der Waals surface area contributed by atoms with Crippen LogP contribution in [-0.2, 0) is 0 Å². The first-order valence-electron chi connectivity index (χ1n) is 6.10. The lowest BCUT2D eigenvalue weighted by Gasteiger charge is -2.20. The summed E-state index contributed by atoms with van der Waals surface area (Å²) in [7, 11) is 1.62. The fourth-order valence-electron chi connectivity index (χ4n) is 1.90. The van der Waals surface area contributed by atoms with E-state index in [9.17, 15) is 0 Å². The summed E-state index contributed by atoms with van der Waals surface area (Å²) in [5, 5.41) is 0.535. The van der Waals surface area contributed by atoms with Crippen molar-refractivity contribution in [1.82, 2.24) is 0 Å². The minimum absolute atomic E-state index is 0.315. The summed E-state index contributed by atoms with van der Waals surface area (Å²) >= 11 is 9.53. The van der Waals surface area contributed by atoms with Crippen LogP contribution in [-0.4, -0.2) is 13.7 Å². The lowest BCUT2D eigenvalue weighted by atomic mass is 10.1. The minimum atomic E-state index is -0.315. The molecule has 0 heterocycles. The minimum Gasteiger partial charge on any atom is -0.496 e. The number of hydrogen-bond acceptors (Lipinski definition) is 3. The Kier molecular flexibility index (Phi) is 5.29. The van der Waals surface area contributed by atoms with Crippen molar-refractivity contribution in [2.75, 3.05) is 13.7 Å². The number of nitrogens with two attached hydrogens (primary N) is 1. The van der Waals surface area contributed by atoms with Gasteiger partial charge in [-0.3, -0.25) is 0 Å². The first-order chi connectivity index (χ1) is 9.65. The van der Waals surface area contributed by atoms with Gasteiger partial charge < -0.3 is 15.2 Å². The normalized spacial score (nSPS) is 12.0. The summed E-state index contributed by atoms with van der Waals surface area (Å²) < 4.78 is 12.2. The Morgan fingerprint density at radius 3 is 2.60 bits per heavy atom. The SMILES string of the molecule is COc1ccccc1C(CN)Oc1ccc(Br)cc1Cl. The number of methoxy groups -OCH3 is 1. The van der Waals surface area contributed by atoms with Crippen molar-refractivity contribution in [3.8, 4) is 11.5 Å². The highest BCUT2D eigenvalue weighted by molar-refractivity contribution is 9.10. The smallest absolute Gasteiger partial charge is 0.140 e. The zero-order valence-corrected chi connectivity index (χ0v) is 13.3. The highest BCUT2D eigenvalue weighted by Gasteiger charge is 2.17. The summed E-state index contributed by atoms with van der Waals surface area (Å²) in [5.74, 6) is 1.34. The van der Waals surface area contributed by atoms with Crippen molar-refractivity contribution >= 4 is 27.5 Å². The fourth-order valence-corrected chi connectivity index (χ4v) is 2.61. The van der Waals surface area contributed by atoms with Crippen LogP contribution in [0.3, 0.4) is 0 Å². The van der Waals surface area contributed by atoms with Crippen molar-refractivity contribution in [3.05, 3.63) is 57.5 Å². The van der Waals surface area contributed by atoms with Crippen LogP contribution in [0, 0.1) is 0 Å². The molecule has 0 aliphatic heterocycles. The molecule has 0 spiro atoms. The van der Waals surface area contributed by atoms with Crippen molar-refractivity contribution in [3.63, 3.8) is 0 Å². The topological polar surface area (TPSA) is 44.5 Å². The Balaban J connectivity index is 2.29. The van der Waals surface area contributed by atoms with Crippen molar-refractivity contribution in [2.45, 2.75) is 6.10 Å². The molecular weight excluding hydrogens is 342 g/mol. The van der Waals surface area contributed by atoms with Crippen molar-refractivity contribution in [1.29, 1.82) is 0 Å². The summed E-state index contributed by atoms with van der Waals surface area (Å²) in [6.45, 7) is 0.326. The maximum Gasteiger partial charge on any atom is 0.140 e. The van der Waals surface area contributed by atoms with E-state index in [-0.39, 0.29) is 6.10 Å². The first-order valence-corrected chi connectivity index (χ1v) is 7.27. The number of rotatable bonds is 5. The van der Waals surface area contributed by atoms with Crippen molar-refractivity contribution in [2.24, 2.45) is 5.73 Å². The van der Waals surface area contributed by atoms with Gasteiger partial charge in [-0.15, -0.1) is 0 Å². The van der Waals surface area contributed by atoms with Crippen LogP contribution in [0.4, 0.5) is 0 Å². The third-order valence-electron chi connectivity index (χ3n) is 2.86. The van der Waals surface area contributed by atoms with Gasteiger partial charge in [0.1, 0.15) is 17.6 Å². The third-order valence-corrected chi connectivity index (χ3v) is 3.65. The average molecular weight is 357 g/mol. The van der Waals surface area contributed by atoms with Crippen LogP contribution in [0.5, 0.6) is 11.5 Å². The van der Waals surface area contributed by atoms with E-state index >= 15 is 0 Å². The van der Waals surface area contributed by atoms with Crippen LogP contribution in [0.15, 0.2) is 46.9 Å². The molecule has 2 N–H and O–H groups in total. The zero-order valence-electron chi connectivity index (χ0n) is 11.0. The molecule has 0 saturated heterocycles. The second-order valence-corrected chi connectivity index (χ2v) is 5.48. The molecule has 0 aliphatic rings. The second-order valence-electron chi connectivity index (χ2n) is 4.16. The summed E-state index contributed by atoms with van der Waals surface area (Å²) in [6.07, 6.45) is -0.315. The molecule has 0 saturated carbocycles. The summed E-state index contributed by atoms with van der Waals surface area (Å²) in [5.41, 5.74) is 6.72. The van der Waals surface area contributed by atoms with Gasteiger partial charge in [0.15, 0.2) is 0 Å². The van der Waals surface area contributed by atoms with Gasteiger partial charge in [0.2, 0.25) is 0 Å². The highest BCUT2D eigenvalue weighted by atomic mass is 79.9. The quantitative estimate of drug-likeness (QED) is 0.873. The van der Waals surface area contributed by atoms with E-state index in [1.54, 1.807) is 13.2 Å². The summed E-state index contributed by atoms with van der Waals surface area (Å²) in [6, 6.07) is 13.1. The van der Waals surface area contributed by atoms with E-state index < -0.39 is 0 Å². The zero-order chi connectivity index (χ0) is 14.5. The Morgan fingerprint density at radius 1 is 1.20 bits per heavy atom. The standard InChI is InChI=1S/C15H15BrClNO2/c1-19-13-5-3-2-4-11(13)15(9-18)20-14-7-6-10(16)8-12(14)17/h2-8,15H,9,18H2,1H3. The molecule has 106 valence electrons. The van der Waals surface area contributed by atoms with Gasteiger partial charge in [-0.25, -0.2) is 0 Å². The largest absolute Gasteiger partial charge is 0.496 e. The molecule has 20 heavy (non-hydrogen) atoms. The van der Waals surface area contributed by atoms with E-state index in [1.165, 1.54) is 0 Å². The molecule has 1 unspecified atom stereocenters. The van der Waals surface area contributed by atoms with Gasteiger partial charge >= 0.3 is 0 Å². The third kappa shape index (κ3) is 3.45. The number of hydrogen-bond donors (Lipinski definition) is 1. The molecule has 5 heteroatoms. The Labute approximate surface area is 131 Å². The van der Waals surface area contributed by atoms with Gasteiger partial charge in [0, 0.05) is 16.6 Å². The van der Waals surface area contributed by atoms with Crippen LogP contribution < -0.4 is 15.2 Å². The number of halogens is 2.